The van der Waals surface area contributed by atoms with Crippen LogP contribution in [0.5, 0.6) is 0 Å². The van der Waals surface area contributed by atoms with E-state index >= 15 is 0 Å². The van der Waals surface area contributed by atoms with Gasteiger partial charge in [-0.25, -0.2) is 0 Å². The molecular weight excluding hydrogens is 212 g/mol. The Morgan fingerprint density at radius 1 is 1.06 bits per heavy atom. The minimum absolute atomic E-state index is 0.0736. The van der Waals surface area contributed by atoms with Crippen LogP contribution in [0.2, 0.25) is 0 Å². The van der Waals surface area contributed by atoms with E-state index in [1.54, 1.807) is 13.8 Å². The molecule has 2 rings (SSSR count). The fourth-order valence-corrected chi connectivity index (χ4v) is 2.92. The van der Waals surface area contributed by atoms with Crippen LogP contribution in [0.4, 0.5) is 0 Å². The predicted octanol–water partition coefficient (Wildman–Crippen LogP) is 2.15. The van der Waals surface area contributed by atoms with Gasteiger partial charge < -0.3 is 10.2 Å². The van der Waals surface area contributed by atoms with Crippen molar-refractivity contribution in [3.8, 4) is 0 Å². The molecule has 0 spiro atoms. The van der Waals surface area contributed by atoms with Crippen LogP contribution in [0.1, 0.15) is 36.1 Å². The molecule has 0 aromatic heterocycles. The van der Waals surface area contributed by atoms with Crippen LogP contribution >= 0.6 is 0 Å². The summed E-state index contributed by atoms with van der Waals surface area (Å²) in [4.78, 5) is 0. The number of aryl methyl sites for hydroxylation is 2. The van der Waals surface area contributed by atoms with Gasteiger partial charge in [-0.2, -0.15) is 0 Å². The number of hydrogen-bond donors (Lipinski definition) is 2. The van der Waals surface area contributed by atoms with Crippen molar-refractivity contribution < 1.29 is 10.2 Å². The molecule has 2 atom stereocenters. The van der Waals surface area contributed by atoms with Crippen LogP contribution in [0.15, 0.2) is 12.1 Å². The Balaban J connectivity index is 2.44. The molecule has 1 aromatic carbocycles. The van der Waals surface area contributed by atoms with E-state index in [2.05, 4.69) is 26.0 Å². The molecule has 0 bridgehead atoms. The minimum atomic E-state index is -0.826. The Morgan fingerprint density at radius 2 is 1.53 bits per heavy atom. The average Bonchev–Trinajstić information content (AvgIpc) is 2.21. The van der Waals surface area contributed by atoms with E-state index in [1.807, 2.05) is 0 Å². The summed E-state index contributed by atoms with van der Waals surface area (Å²) < 4.78 is 0. The molecule has 1 aromatic rings. The first-order chi connectivity index (χ1) is 7.80. The lowest BCUT2D eigenvalue weighted by atomic mass is 9.72. The lowest BCUT2D eigenvalue weighted by Gasteiger charge is -2.38. The number of aliphatic hydroxyl groups excluding tert-OH is 1. The largest absolute Gasteiger partial charge is 0.392 e. The number of aliphatic hydroxyl groups is 2. The van der Waals surface area contributed by atoms with Crippen molar-refractivity contribution in [3.05, 3.63) is 34.4 Å². The molecule has 0 saturated carbocycles. The summed E-state index contributed by atoms with van der Waals surface area (Å²) in [6.07, 6.45) is 0.994. The highest BCUT2D eigenvalue weighted by molar-refractivity contribution is 5.42. The summed E-state index contributed by atoms with van der Waals surface area (Å²) in [6, 6.07) is 4.25. The summed E-state index contributed by atoms with van der Waals surface area (Å²) in [5.41, 5.74) is 4.29. The molecule has 2 heteroatoms. The Morgan fingerprint density at radius 3 is 2.00 bits per heavy atom. The molecule has 0 unspecified atom stereocenters. The van der Waals surface area contributed by atoms with Crippen molar-refractivity contribution in [2.45, 2.75) is 52.2 Å². The van der Waals surface area contributed by atoms with Gasteiger partial charge in [-0.1, -0.05) is 12.1 Å². The van der Waals surface area contributed by atoms with Gasteiger partial charge in [0.1, 0.15) is 0 Å². The topological polar surface area (TPSA) is 40.5 Å². The molecule has 0 fully saturated rings. The van der Waals surface area contributed by atoms with Crippen LogP contribution in [0, 0.1) is 19.8 Å². The molecule has 2 nitrogen and oxygen atoms in total. The number of benzene rings is 1. The number of hydrogen-bond acceptors (Lipinski definition) is 2. The summed E-state index contributed by atoms with van der Waals surface area (Å²) in [5, 5.41) is 20.3. The predicted molar refractivity (Wildman–Crippen MR) is 69.1 cm³/mol. The minimum Gasteiger partial charge on any atom is -0.392 e. The highest BCUT2D eigenvalue weighted by Crippen LogP contribution is 2.35. The molecule has 0 aliphatic heterocycles. The van der Waals surface area contributed by atoms with Crippen molar-refractivity contribution in [1.82, 2.24) is 0 Å². The molecular formula is C15H22O2. The summed E-state index contributed by atoms with van der Waals surface area (Å²) in [7, 11) is 0. The van der Waals surface area contributed by atoms with Gasteiger partial charge in [0.2, 0.25) is 0 Å². The van der Waals surface area contributed by atoms with E-state index in [0.717, 1.165) is 6.42 Å². The Hall–Kier alpha value is -0.860. The molecule has 0 radical (unpaired) electrons. The van der Waals surface area contributed by atoms with Gasteiger partial charge in [0.05, 0.1) is 11.7 Å². The smallest absolute Gasteiger partial charge is 0.0647 e. The molecule has 0 amide bonds. The van der Waals surface area contributed by atoms with Crippen LogP contribution in [0.25, 0.3) is 0 Å². The van der Waals surface area contributed by atoms with Crippen molar-refractivity contribution in [1.29, 1.82) is 0 Å². The maximum absolute atomic E-state index is 10.2. The second-order valence-electron chi connectivity index (χ2n) is 5.89. The Labute approximate surface area is 103 Å². The molecule has 17 heavy (non-hydrogen) atoms. The van der Waals surface area contributed by atoms with Gasteiger partial charge >= 0.3 is 0 Å². The number of fused-ring (bicyclic) bond motifs is 1. The first kappa shape index (κ1) is 12.6. The molecule has 94 valence electrons. The third-order valence-corrected chi connectivity index (χ3v) is 4.11. The normalized spacial score (nSPS) is 24.6. The maximum atomic E-state index is 10.2. The van der Waals surface area contributed by atoms with Crippen LogP contribution in [0.3, 0.4) is 0 Å². The van der Waals surface area contributed by atoms with Gasteiger partial charge in [0.15, 0.2) is 0 Å². The van der Waals surface area contributed by atoms with E-state index in [-0.39, 0.29) is 5.92 Å². The SMILES string of the molecule is Cc1ccc(C)c2c1C[C@@H](O)[C@@H](C(C)(C)O)C2. The average molecular weight is 234 g/mol. The Bertz CT molecular complexity index is 429. The Kier molecular flexibility index (Phi) is 3.04. The van der Waals surface area contributed by atoms with E-state index in [4.69, 9.17) is 0 Å². The second-order valence-corrected chi connectivity index (χ2v) is 5.89. The monoisotopic (exact) mass is 234 g/mol. The highest BCUT2D eigenvalue weighted by atomic mass is 16.3. The molecule has 0 heterocycles. The third-order valence-electron chi connectivity index (χ3n) is 4.11. The zero-order chi connectivity index (χ0) is 12.8. The standard InChI is InChI=1S/C15H22O2/c1-9-5-6-10(2)12-8-14(16)13(7-11(9)12)15(3,4)17/h5-6,13-14,16-17H,7-8H2,1-4H3/t13-,14+/m0/s1. The lowest BCUT2D eigenvalue weighted by molar-refractivity contribution is -0.0500. The van der Waals surface area contributed by atoms with Crippen molar-refractivity contribution in [2.24, 2.45) is 5.92 Å². The molecule has 1 aliphatic rings. The highest BCUT2D eigenvalue weighted by Gasteiger charge is 2.37. The molecule has 1 aliphatic carbocycles. The quantitative estimate of drug-likeness (QED) is 0.781. The number of rotatable bonds is 1. The van der Waals surface area contributed by atoms with Gasteiger partial charge in [-0.3, -0.25) is 0 Å². The van der Waals surface area contributed by atoms with Crippen molar-refractivity contribution >= 4 is 0 Å². The van der Waals surface area contributed by atoms with Crippen LogP contribution < -0.4 is 0 Å². The van der Waals surface area contributed by atoms with E-state index in [1.165, 1.54) is 22.3 Å². The summed E-state index contributed by atoms with van der Waals surface area (Å²) >= 11 is 0. The molecule has 0 saturated heterocycles. The van der Waals surface area contributed by atoms with E-state index in [0.29, 0.717) is 6.42 Å². The summed E-state index contributed by atoms with van der Waals surface area (Å²) in [5.74, 6) is -0.0736. The first-order valence-corrected chi connectivity index (χ1v) is 6.29. The van der Waals surface area contributed by atoms with Crippen molar-refractivity contribution in [2.75, 3.05) is 0 Å². The van der Waals surface area contributed by atoms with E-state index < -0.39 is 11.7 Å². The van der Waals surface area contributed by atoms with E-state index in [9.17, 15) is 10.2 Å². The fourth-order valence-electron chi connectivity index (χ4n) is 2.92. The third kappa shape index (κ3) is 2.24. The summed E-state index contributed by atoms with van der Waals surface area (Å²) in [6.45, 7) is 7.78. The van der Waals surface area contributed by atoms with Gasteiger partial charge in [0.25, 0.3) is 0 Å². The first-order valence-electron chi connectivity index (χ1n) is 6.29. The lowest BCUT2D eigenvalue weighted by Crippen LogP contribution is -2.44. The second kappa shape index (κ2) is 4.11. The zero-order valence-electron chi connectivity index (χ0n) is 11.1. The fraction of sp³-hybridized carbons (Fsp3) is 0.600. The van der Waals surface area contributed by atoms with Crippen molar-refractivity contribution in [3.63, 3.8) is 0 Å². The van der Waals surface area contributed by atoms with Crippen LogP contribution in [-0.2, 0) is 12.8 Å². The van der Waals surface area contributed by atoms with Gasteiger partial charge in [-0.15, -0.1) is 0 Å². The maximum Gasteiger partial charge on any atom is 0.0647 e. The molecule has 2 N–H and O–H groups in total. The van der Waals surface area contributed by atoms with Gasteiger partial charge in [0, 0.05) is 5.92 Å². The van der Waals surface area contributed by atoms with Gasteiger partial charge in [-0.05, 0) is 62.8 Å². The van der Waals surface area contributed by atoms with Crippen LogP contribution in [-0.4, -0.2) is 21.9 Å². The zero-order valence-corrected chi connectivity index (χ0v) is 11.1.